The van der Waals surface area contributed by atoms with Crippen LogP contribution in [-0.2, 0) is 5.41 Å². The van der Waals surface area contributed by atoms with Gasteiger partial charge in [-0.2, -0.15) is 0 Å². The number of hydrogen-bond acceptors (Lipinski definition) is 3. The Morgan fingerprint density at radius 2 is 0.940 bits per heavy atom. The van der Waals surface area contributed by atoms with Crippen molar-refractivity contribution in [2.24, 2.45) is 0 Å². The second kappa shape index (κ2) is 16.5. The molecule has 11 aromatic rings. The molecule has 0 bridgehead atoms. The zero-order valence-corrected chi connectivity index (χ0v) is 38.2. The first-order valence-corrected chi connectivity index (χ1v) is 23.6. The molecular weight excluding hydrogens is 829 g/mol. The fourth-order valence-electron chi connectivity index (χ4n) is 10.1. The third-order valence-corrected chi connectivity index (χ3v) is 14.6. The predicted molar refractivity (Wildman–Crippen MR) is 287 cm³/mol. The lowest BCUT2D eigenvalue weighted by atomic mass is 9.82. The molecule has 0 spiro atoms. The van der Waals surface area contributed by atoms with Crippen LogP contribution in [0.5, 0.6) is 0 Å². The Morgan fingerprint density at radius 3 is 1.64 bits per heavy atom. The standard InChI is InChI=1S/C64H48N2S/c1-43-16-15-25-62-63(43)58-40-48(32-37-61(58)67-62)46-26-28-47(29-27-46)49-38-54(65(50-19-9-5-10-20-50)52-33-30-45(31-34-52)44-17-7-4-8-18-44)41-55(39-49)66(51-21-11-6-12-22-51)53-35-36-57-56-23-13-14-24-59(56)64(2,3)60(57)42-53/h4-42H,1-3H3/i4D,7D,8D,17D,18D. The minimum absolute atomic E-state index is 0.171. The summed E-state index contributed by atoms with van der Waals surface area (Å²) in [7, 11) is 0. The quantitative estimate of drug-likeness (QED) is 0.143. The molecule has 0 amide bonds. The molecule has 3 heteroatoms. The Labute approximate surface area is 404 Å². The van der Waals surface area contributed by atoms with E-state index < -0.39 is 6.04 Å². The van der Waals surface area contributed by atoms with E-state index in [1.54, 1.807) is 0 Å². The molecule has 67 heavy (non-hydrogen) atoms. The summed E-state index contributed by atoms with van der Waals surface area (Å²) in [6.07, 6.45) is 0. The topological polar surface area (TPSA) is 6.48 Å². The highest BCUT2D eigenvalue weighted by Crippen LogP contribution is 2.51. The normalized spacial score (nSPS) is 13.6. The fourth-order valence-corrected chi connectivity index (χ4v) is 11.3. The molecule has 0 unspecified atom stereocenters. The number of aryl methyl sites for hydroxylation is 1. The van der Waals surface area contributed by atoms with Crippen LogP contribution in [0.3, 0.4) is 0 Å². The number of thiophene rings is 1. The van der Waals surface area contributed by atoms with Gasteiger partial charge in [0.15, 0.2) is 0 Å². The van der Waals surface area contributed by atoms with Gasteiger partial charge < -0.3 is 9.80 Å². The first-order chi connectivity index (χ1) is 34.9. The summed E-state index contributed by atoms with van der Waals surface area (Å²) in [5.74, 6) is 0. The van der Waals surface area contributed by atoms with E-state index in [9.17, 15) is 0 Å². The second-order valence-electron chi connectivity index (χ2n) is 17.9. The Kier molecular flexibility index (Phi) is 8.68. The predicted octanol–water partition coefficient (Wildman–Crippen LogP) is 18.6. The molecular formula is C64H48N2S. The maximum absolute atomic E-state index is 8.72. The average Bonchev–Trinajstić information content (AvgIpc) is 3.90. The van der Waals surface area contributed by atoms with Crippen LogP contribution in [0.4, 0.5) is 34.1 Å². The lowest BCUT2D eigenvalue weighted by Crippen LogP contribution is -2.17. The highest BCUT2D eigenvalue weighted by atomic mass is 32.1. The molecule has 0 radical (unpaired) electrons. The Bertz CT molecular complexity index is 3880. The van der Waals surface area contributed by atoms with E-state index in [0.29, 0.717) is 5.56 Å². The molecule has 0 aliphatic heterocycles. The van der Waals surface area contributed by atoms with Crippen LogP contribution in [0.1, 0.15) is 37.4 Å². The number of fused-ring (bicyclic) bond motifs is 6. The van der Waals surface area contributed by atoms with Gasteiger partial charge in [-0.05, 0) is 153 Å². The number of para-hydroxylation sites is 2. The molecule has 1 aliphatic carbocycles. The summed E-state index contributed by atoms with van der Waals surface area (Å²) < 4.78 is 45.0. The van der Waals surface area contributed by atoms with E-state index in [1.807, 2.05) is 53.8 Å². The van der Waals surface area contributed by atoms with E-state index in [2.05, 4.69) is 194 Å². The number of nitrogens with zero attached hydrogens (tertiary/aromatic N) is 2. The zero-order valence-electron chi connectivity index (χ0n) is 42.4. The molecule has 0 saturated carbocycles. The van der Waals surface area contributed by atoms with E-state index in [1.165, 1.54) is 53.6 Å². The lowest BCUT2D eigenvalue weighted by molar-refractivity contribution is 0.660. The Hall–Kier alpha value is -7.98. The summed E-state index contributed by atoms with van der Waals surface area (Å²) in [6, 6.07) is 71.6. The number of rotatable bonds is 9. The van der Waals surface area contributed by atoms with Crippen LogP contribution >= 0.6 is 11.3 Å². The van der Waals surface area contributed by atoms with Gasteiger partial charge in [-0.15, -0.1) is 11.3 Å². The molecule has 0 saturated heterocycles. The van der Waals surface area contributed by atoms with E-state index in [-0.39, 0.29) is 35.1 Å². The summed E-state index contributed by atoms with van der Waals surface area (Å²) in [4.78, 5) is 4.58. The number of hydrogen-bond donors (Lipinski definition) is 0. The number of anilines is 6. The van der Waals surface area contributed by atoms with Crippen molar-refractivity contribution in [2.75, 3.05) is 9.80 Å². The third kappa shape index (κ3) is 7.20. The Morgan fingerprint density at radius 1 is 0.388 bits per heavy atom. The minimum Gasteiger partial charge on any atom is -0.310 e. The highest BCUT2D eigenvalue weighted by molar-refractivity contribution is 7.25. The van der Waals surface area contributed by atoms with Gasteiger partial charge in [-0.25, -0.2) is 0 Å². The van der Waals surface area contributed by atoms with Crippen molar-refractivity contribution in [1.82, 2.24) is 0 Å². The van der Waals surface area contributed by atoms with Gasteiger partial charge in [-0.1, -0.05) is 165 Å². The van der Waals surface area contributed by atoms with E-state index >= 15 is 0 Å². The van der Waals surface area contributed by atoms with Crippen molar-refractivity contribution < 1.29 is 6.85 Å². The third-order valence-electron chi connectivity index (χ3n) is 13.4. The molecule has 320 valence electrons. The van der Waals surface area contributed by atoms with Crippen LogP contribution in [-0.4, -0.2) is 0 Å². The van der Waals surface area contributed by atoms with Gasteiger partial charge in [0.25, 0.3) is 0 Å². The smallest absolute Gasteiger partial charge is 0.0629 e. The average molecular weight is 882 g/mol. The largest absolute Gasteiger partial charge is 0.310 e. The van der Waals surface area contributed by atoms with E-state index in [0.717, 1.165) is 50.8 Å². The van der Waals surface area contributed by atoms with Crippen LogP contribution < -0.4 is 9.80 Å². The lowest BCUT2D eigenvalue weighted by Gasteiger charge is -2.31. The van der Waals surface area contributed by atoms with Crippen molar-refractivity contribution in [3.05, 3.63) is 253 Å². The van der Waals surface area contributed by atoms with Gasteiger partial charge >= 0.3 is 0 Å². The first kappa shape index (κ1) is 35.3. The van der Waals surface area contributed by atoms with E-state index in [4.69, 9.17) is 6.85 Å². The second-order valence-corrected chi connectivity index (χ2v) is 18.9. The Balaban J connectivity index is 1.04. The first-order valence-electron chi connectivity index (χ1n) is 25.2. The maximum atomic E-state index is 8.72. The molecule has 0 atom stereocenters. The van der Waals surface area contributed by atoms with Crippen molar-refractivity contribution in [2.45, 2.75) is 26.2 Å². The van der Waals surface area contributed by atoms with Gasteiger partial charge in [0.1, 0.15) is 0 Å². The van der Waals surface area contributed by atoms with Crippen molar-refractivity contribution in [3.8, 4) is 44.5 Å². The molecule has 1 aliphatic rings. The maximum Gasteiger partial charge on any atom is 0.0629 e. The molecule has 1 heterocycles. The highest BCUT2D eigenvalue weighted by Gasteiger charge is 2.36. The molecule has 1 aromatic heterocycles. The zero-order chi connectivity index (χ0) is 49.4. The van der Waals surface area contributed by atoms with Crippen molar-refractivity contribution in [3.63, 3.8) is 0 Å². The van der Waals surface area contributed by atoms with Gasteiger partial charge in [-0.3, -0.25) is 0 Å². The van der Waals surface area contributed by atoms with Crippen LogP contribution in [0.25, 0.3) is 64.7 Å². The summed E-state index contributed by atoms with van der Waals surface area (Å²) in [6.45, 7) is 6.83. The molecule has 0 N–H and O–H groups in total. The molecule has 12 rings (SSSR count). The van der Waals surface area contributed by atoms with Gasteiger partial charge in [0.05, 0.1) is 6.85 Å². The van der Waals surface area contributed by atoms with Crippen molar-refractivity contribution in [1.29, 1.82) is 0 Å². The molecule has 2 nitrogen and oxygen atoms in total. The monoisotopic (exact) mass is 881 g/mol. The SMILES string of the molecule is [2H]c1c([2H])c([2H])c(-c2ccc(N(c3ccccc3)c3cc(-c4ccc(-c5ccc6sc7cccc(C)c7c6c5)cc4)cc(N(c4ccccc4)c4ccc5c(c4)C(C)(C)c4ccccc4-5)c3)cc2)c([2H])c1[2H]. The molecule has 0 fully saturated rings. The van der Waals surface area contributed by atoms with Gasteiger partial charge in [0.2, 0.25) is 0 Å². The summed E-state index contributed by atoms with van der Waals surface area (Å²) >= 11 is 1.84. The summed E-state index contributed by atoms with van der Waals surface area (Å²) in [5.41, 5.74) is 17.0. The summed E-state index contributed by atoms with van der Waals surface area (Å²) in [5, 5.41) is 2.61. The minimum atomic E-state index is -0.409. The molecule has 10 aromatic carbocycles. The van der Waals surface area contributed by atoms with Crippen LogP contribution in [0.2, 0.25) is 0 Å². The van der Waals surface area contributed by atoms with Crippen LogP contribution in [0.15, 0.2) is 236 Å². The number of benzene rings is 10. The van der Waals surface area contributed by atoms with Gasteiger partial charge in [0, 0.05) is 59.7 Å². The fraction of sp³-hybridized carbons (Fsp3) is 0.0625. The van der Waals surface area contributed by atoms with Crippen LogP contribution in [0, 0.1) is 6.92 Å². The van der Waals surface area contributed by atoms with Crippen molar-refractivity contribution >= 4 is 65.6 Å².